The lowest BCUT2D eigenvalue weighted by atomic mass is 10.1. The monoisotopic (exact) mass is 310 g/mol. The average molecular weight is 311 g/mol. The first kappa shape index (κ1) is 15.9. The van der Waals surface area contributed by atoms with Crippen LogP contribution < -0.4 is 5.32 Å². The summed E-state index contributed by atoms with van der Waals surface area (Å²) in [5.41, 5.74) is 0. The van der Waals surface area contributed by atoms with Crippen LogP contribution in [0, 0.1) is 6.92 Å². The number of piperidine rings is 1. The van der Waals surface area contributed by atoms with E-state index >= 15 is 0 Å². The number of hydrogen-bond donors (Lipinski definition) is 1. The third-order valence-electron chi connectivity index (χ3n) is 3.17. The SMILES string of the molecule is CNC1CCN(S(=O)(=O)c2ccc(C)s2)CC1.Cl. The van der Waals surface area contributed by atoms with Crippen LogP contribution in [-0.2, 0) is 10.0 Å². The molecule has 1 aliphatic heterocycles. The highest BCUT2D eigenvalue weighted by Crippen LogP contribution is 2.26. The van der Waals surface area contributed by atoms with Gasteiger partial charge in [-0.15, -0.1) is 23.7 Å². The minimum atomic E-state index is -3.25. The Morgan fingerprint density at radius 1 is 1.33 bits per heavy atom. The van der Waals surface area contributed by atoms with Crippen molar-refractivity contribution in [1.82, 2.24) is 9.62 Å². The number of rotatable bonds is 3. The molecular weight excluding hydrogens is 292 g/mol. The molecule has 0 bridgehead atoms. The summed E-state index contributed by atoms with van der Waals surface area (Å²) in [7, 11) is -1.32. The van der Waals surface area contributed by atoms with Crippen LogP contribution in [-0.4, -0.2) is 38.9 Å². The average Bonchev–Trinajstić information content (AvgIpc) is 2.77. The number of nitrogens with one attached hydrogen (secondary N) is 1. The molecule has 1 fully saturated rings. The predicted molar refractivity (Wildman–Crippen MR) is 77.1 cm³/mol. The van der Waals surface area contributed by atoms with Crippen molar-refractivity contribution in [1.29, 1.82) is 0 Å². The van der Waals surface area contributed by atoms with E-state index in [1.165, 1.54) is 11.3 Å². The lowest BCUT2D eigenvalue weighted by Gasteiger charge is -2.30. The van der Waals surface area contributed by atoms with Gasteiger partial charge >= 0.3 is 0 Å². The molecule has 1 N–H and O–H groups in total. The maximum Gasteiger partial charge on any atom is 0.252 e. The number of nitrogens with zero attached hydrogens (tertiary/aromatic N) is 1. The van der Waals surface area contributed by atoms with E-state index in [1.807, 2.05) is 20.0 Å². The van der Waals surface area contributed by atoms with E-state index in [1.54, 1.807) is 10.4 Å². The summed E-state index contributed by atoms with van der Waals surface area (Å²) in [5, 5.41) is 3.20. The summed E-state index contributed by atoms with van der Waals surface area (Å²) in [6, 6.07) is 4.02. The molecule has 18 heavy (non-hydrogen) atoms. The van der Waals surface area contributed by atoms with Crippen LogP contribution in [0.1, 0.15) is 17.7 Å². The van der Waals surface area contributed by atoms with Crippen molar-refractivity contribution >= 4 is 33.8 Å². The van der Waals surface area contributed by atoms with E-state index in [-0.39, 0.29) is 12.4 Å². The lowest BCUT2D eigenvalue weighted by Crippen LogP contribution is -2.43. The second-order valence-corrected chi connectivity index (χ2v) is 7.78. The Hall–Kier alpha value is -0.140. The van der Waals surface area contributed by atoms with E-state index in [2.05, 4.69) is 5.32 Å². The van der Waals surface area contributed by atoms with Gasteiger partial charge in [0, 0.05) is 24.0 Å². The molecule has 2 heterocycles. The molecule has 0 atom stereocenters. The standard InChI is InChI=1S/C11H18N2O2S2.ClH/c1-9-3-4-11(16-9)17(14,15)13-7-5-10(12-2)6-8-13;/h3-4,10,12H,5-8H2,1-2H3;1H. The Kier molecular flexibility index (Phi) is 5.61. The zero-order valence-corrected chi connectivity index (χ0v) is 13.0. The highest BCUT2D eigenvalue weighted by molar-refractivity contribution is 7.91. The molecule has 104 valence electrons. The van der Waals surface area contributed by atoms with Gasteiger partial charge in [-0.05, 0) is 38.9 Å². The third kappa shape index (κ3) is 3.24. The summed E-state index contributed by atoms with van der Waals surface area (Å²) >= 11 is 1.35. The van der Waals surface area contributed by atoms with E-state index in [0.29, 0.717) is 23.3 Å². The van der Waals surface area contributed by atoms with Crippen molar-refractivity contribution < 1.29 is 8.42 Å². The molecule has 0 unspecified atom stereocenters. The number of thiophene rings is 1. The van der Waals surface area contributed by atoms with Gasteiger partial charge in [-0.25, -0.2) is 8.42 Å². The van der Waals surface area contributed by atoms with Gasteiger partial charge in [-0.1, -0.05) is 0 Å². The normalized spacial score (nSPS) is 18.6. The minimum absolute atomic E-state index is 0. The zero-order chi connectivity index (χ0) is 12.5. The van der Waals surface area contributed by atoms with Crippen LogP contribution in [0.3, 0.4) is 0 Å². The third-order valence-corrected chi connectivity index (χ3v) is 6.54. The van der Waals surface area contributed by atoms with Crippen molar-refractivity contribution in [2.24, 2.45) is 0 Å². The maximum absolute atomic E-state index is 12.3. The quantitative estimate of drug-likeness (QED) is 0.927. The van der Waals surface area contributed by atoms with E-state index < -0.39 is 10.0 Å². The molecule has 4 nitrogen and oxygen atoms in total. The first-order valence-electron chi connectivity index (χ1n) is 5.78. The van der Waals surface area contributed by atoms with Crippen LogP contribution in [0.25, 0.3) is 0 Å². The van der Waals surface area contributed by atoms with Crippen LogP contribution >= 0.6 is 23.7 Å². The molecule has 0 saturated carbocycles. The molecule has 1 aliphatic rings. The summed E-state index contributed by atoms with van der Waals surface area (Å²) in [6.07, 6.45) is 1.78. The molecule has 0 amide bonds. The molecule has 1 aromatic rings. The summed E-state index contributed by atoms with van der Waals surface area (Å²) < 4.78 is 26.7. The van der Waals surface area contributed by atoms with E-state index in [0.717, 1.165) is 17.7 Å². The van der Waals surface area contributed by atoms with Crippen LogP contribution in [0.2, 0.25) is 0 Å². The van der Waals surface area contributed by atoms with Gasteiger partial charge in [0.2, 0.25) is 0 Å². The number of hydrogen-bond acceptors (Lipinski definition) is 4. The van der Waals surface area contributed by atoms with Crippen molar-refractivity contribution in [2.75, 3.05) is 20.1 Å². The van der Waals surface area contributed by atoms with Crippen molar-refractivity contribution in [2.45, 2.75) is 30.0 Å². The summed E-state index contributed by atoms with van der Waals surface area (Å²) in [5.74, 6) is 0. The fourth-order valence-electron chi connectivity index (χ4n) is 2.06. The lowest BCUT2D eigenvalue weighted by molar-refractivity contribution is 0.299. The largest absolute Gasteiger partial charge is 0.317 e. The first-order chi connectivity index (χ1) is 8.04. The number of halogens is 1. The summed E-state index contributed by atoms with van der Waals surface area (Å²) in [6.45, 7) is 3.16. The van der Waals surface area contributed by atoms with Crippen molar-refractivity contribution in [3.63, 3.8) is 0 Å². The van der Waals surface area contributed by atoms with Gasteiger partial charge in [-0.3, -0.25) is 0 Å². The number of sulfonamides is 1. The Balaban J connectivity index is 0.00000162. The topological polar surface area (TPSA) is 49.4 Å². The molecule has 2 rings (SSSR count). The van der Waals surface area contributed by atoms with Gasteiger partial charge in [0.15, 0.2) is 0 Å². The first-order valence-corrected chi connectivity index (χ1v) is 8.03. The Bertz CT molecular complexity index is 479. The molecule has 0 spiro atoms. The van der Waals surface area contributed by atoms with Crippen molar-refractivity contribution in [3.8, 4) is 0 Å². The number of aryl methyl sites for hydroxylation is 1. The Morgan fingerprint density at radius 2 is 1.94 bits per heavy atom. The smallest absolute Gasteiger partial charge is 0.252 e. The van der Waals surface area contributed by atoms with Gasteiger partial charge in [0.1, 0.15) is 4.21 Å². The van der Waals surface area contributed by atoms with Gasteiger partial charge < -0.3 is 5.32 Å². The van der Waals surface area contributed by atoms with Crippen LogP contribution in [0.5, 0.6) is 0 Å². The fraction of sp³-hybridized carbons (Fsp3) is 0.636. The maximum atomic E-state index is 12.3. The van der Waals surface area contributed by atoms with Crippen LogP contribution in [0.4, 0.5) is 0 Å². The molecule has 0 aromatic carbocycles. The van der Waals surface area contributed by atoms with Crippen molar-refractivity contribution in [3.05, 3.63) is 17.0 Å². The fourth-order valence-corrected chi connectivity index (χ4v) is 4.97. The molecule has 1 saturated heterocycles. The van der Waals surface area contributed by atoms with Gasteiger partial charge in [0.25, 0.3) is 10.0 Å². The highest BCUT2D eigenvalue weighted by atomic mass is 35.5. The molecule has 0 aliphatic carbocycles. The predicted octanol–water partition coefficient (Wildman–Crippen LogP) is 1.85. The van der Waals surface area contributed by atoms with Gasteiger partial charge in [0.05, 0.1) is 0 Å². The van der Waals surface area contributed by atoms with Gasteiger partial charge in [-0.2, -0.15) is 4.31 Å². The molecular formula is C11H19ClN2O2S2. The molecule has 7 heteroatoms. The zero-order valence-electron chi connectivity index (χ0n) is 10.5. The second kappa shape index (κ2) is 6.34. The Labute approximate surface area is 119 Å². The Morgan fingerprint density at radius 3 is 2.39 bits per heavy atom. The minimum Gasteiger partial charge on any atom is -0.317 e. The molecule has 1 aromatic heterocycles. The molecule has 0 radical (unpaired) electrons. The van der Waals surface area contributed by atoms with E-state index in [9.17, 15) is 8.42 Å². The van der Waals surface area contributed by atoms with Crippen LogP contribution in [0.15, 0.2) is 16.3 Å². The highest BCUT2D eigenvalue weighted by Gasteiger charge is 2.29. The summed E-state index contributed by atoms with van der Waals surface area (Å²) in [4.78, 5) is 1.04. The second-order valence-electron chi connectivity index (χ2n) is 4.33. The van der Waals surface area contributed by atoms with E-state index in [4.69, 9.17) is 0 Å².